The molecule has 0 atom stereocenters. The van der Waals surface area contributed by atoms with E-state index in [2.05, 4.69) is 10.1 Å². The van der Waals surface area contributed by atoms with Crippen molar-refractivity contribution in [2.45, 2.75) is 5.75 Å². The van der Waals surface area contributed by atoms with E-state index in [0.717, 1.165) is 0 Å². The summed E-state index contributed by atoms with van der Waals surface area (Å²) in [4.78, 5) is 16.1. The molecule has 0 aliphatic rings. The fraction of sp³-hybridized carbons (Fsp3) is 0.100. The molecule has 2 heterocycles. The minimum Gasteiger partial charge on any atom is -0.377 e. The van der Waals surface area contributed by atoms with Crippen molar-refractivity contribution < 1.29 is 0 Å². The first-order chi connectivity index (χ1) is 8.20. The summed E-state index contributed by atoms with van der Waals surface area (Å²) < 4.78 is 1.48. The van der Waals surface area contributed by atoms with Gasteiger partial charge in [0.05, 0.1) is 5.69 Å². The van der Waals surface area contributed by atoms with Gasteiger partial charge < -0.3 is 11.6 Å². The molecule has 2 aromatic heterocycles. The van der Waals surface area contributed by atoms with Crippen LogP contribution in [0.4, 0.5) is 0 Å². The topological polar surface area (TPSA) is 98.8 Å². The van der Waals surface area contributed by atoms with Gasteiger partial charge in [-0.1, -0.05) is 17.8 Å². The third-order valence-electron chi connectivity index (χ3n) is 2.12. The zero-order chi connectivity index (χ0) is 12.3. The Bertz CT molecular complexity index is 621. The number of fused-ring (bicyclic) bond motifs is 1. The summed E-state index contributed by atoms with van der Waals surface area (Å²) in [5.41, 5.74) is 6.59. The van der Waals surface area contributed by atoms with Gasteiger partial charge in [0.1, 0.15) is 5.65 Å². The van der Waals surface area contributed by atoms with Gasteiger partial charge in [-0.15, -0.1) is 0 Å². The van der Waals surface area contributed by atoms with Crippen LogP contribution in [0, 0.1) is 0 Å². The molecule has 17 heavy (non-hydrogen) atoms. The van der Waals surface area contributed by atoms with E-state index in [-0.39, 0.29) is 10.7 Å². The van der Waals surface area contributed by atoms with Crippen LogP contribution in [0.15, 0.2) is 40.4 Å². The highest BCUT2D eigenvalue weighted by Gasteiger charge is 2.03. The summed E-state index contributed by atoms with van der Waals surface area (Å²) in [6.45, 7) is 0. The summed E-state index contributed by atoms with van der Waals surface area (Å²) in [7, 11) is 0. The molecule has 0 aromatic carbocycles. The lowest BCUT2D eigenvalue weighted by Crippen LogP contribution is -2.15. The second kappa shape index (κ2) is 4.88. The summed E-state index contributed by atoms with van der Waals surface area (Å²) >= 11 is 1.24. The van der Waals surface area contributed by atoms with Crippen molar-refractivity contribution in [3.63, 3.8) is 0 Å². The Hall–Kier alpha value is -2.02. The van der Waals surface area contributed by atoms with Gasteiger partial charge >= 0.3 is 0 Å². The maximum absolute atomic E-state index is 11.7. The molecule has 0 saturated carbocycles. The van der Waals surface area contributed by atoms with E-state index in [4.69, 9.17) is 11.6 Å². The van der Waals surface area contributed by atoms with E-state index in [1.54, 1.807) is 18.3 Å². The first kappa shape index (κ1) is 11.5. The standard InChI is InChI=1S/C10H11N5OS/c11-10(14-12)17-6-7-5-9(16)15-4-2-1-3-8(15)13-7/h1-5H,6,12H2,(H2,11,14). The zero-order valence-corrected chi connectivity index (χ0v) is 9.72. The van der Waals surface area contributed by atoms with Crippen LogP contribution in [-0.4, -0.2) is 14.6 Å². The fourth-order valence-corrected chi connectivity index (χ4v) is 1.88. The molecule has 88 valence electrons. The smallest absolute Gasteiger partial charge is 0.258 e. The van der Waals surface area contributed by atoms with Gasteiger partial charge in [0.25, 0.3) is 5.56 Å². The molecule has 0 saturated heterocycles. The van der Waals surface area contributed by atoms with Gasteiger partial charge in [-0.2, -0.15) is 5.10 Å². The van der Waals surface area contributed by atoms with Gasteiger partial charge in [0.15, 0.2) is 5.17 Å². The quantitative estimate of drug-likeness (QED) is 0.341. The summed E-state index contributed by atoms with van der Waals surface area (Å²) in [6, 6.07) is 6.86. The monoisotopic (exact) mass is 249 g/mol. The lowest BCUT2D eigenvalue weighted by atomic mass is 10.4. The normalized spacial score (nSPS) is 11.9. The number of rotatable bonds is 2. The molecule has 0 aliphatic carbocycles. The molecule has 2 rings (SSSR count). The predicted molar refractivity (Wildman–Crippen MR) is 68.6 cm³/mol. The van der Waals surface area contributed by atoms with Crippen LogP contribution in [0.25, 0.3) is 5.65 Å². The van der Waals surface area contributed by atoms with E-state index >= 15 is 0 Å². The number of thioether (sulfide) groups is 1. The van der Waals surface area contributed by atoms with Crippen LogP contribution in [0.3, 0.4) is 0 Å². The Morgan fingerprint density at radius 2 is 2.35 bits per heavy atom. The van der Waals surface area contributed by atoms with Crippen molar-refractivity contribution in [1.29, 1.82) is 0 Å². The van der Waals surface area contributed by atoms with E-state index in [1.165, 1.54) is 22.2 Å². The first-order valence-corrected chi connectivity index (χ1v) is 5.83. The maximum atomic E-state index is 11.7. The minimum atomic E-state index is -0.116. The van der Waals surface area contributed by atoms with Crippen LogP contribution in [0.5, 0.6) is 0 Å². The Labute approximate surface area is 101 Å². The molecule has 0 fully saturated rings. The van der Waals surface area contributed by atoms with Crippen molar-refractivity contribution in [2.24, 2.45) is 16.7 Å². The number of nitrogens with two attached hydrogens (primary N) is 2. The highest BCUT2D eigenvalue weighted by atomic mass is 32.2. The van der Waals surface area contributed by atoms with Crippen molar-refractivity contribution in [1.82, 2.24) is 9.38 Å². The maximum Gasteiger partial charge on any atom is 0.258 e. The van der Waals surface area contributed by atoms with Gasteiger partial charge in [-0.25, -0.2) is 4.98 Å². The van der Waals surface area contributed by atoms with Crippen LogP contribution >= 0.6 is 11.8 Å². The molecule has 2 aromatic rings. The molecule has 0 radical (unpaired) electrons. The summed E-state index contributed by atoms with van der Waals surface area (Å²) in [5, 5.41) is 3.60. The molecular formula is C10H11N5OS. The van der Waals surface area contributed by atoms with Gasteiger partial charge in [0.2, 0.25) is 0 Å². The molecule has 0 aliphatic heterocycles. The van der Waals surface area contributed by atoms with Crippen LogP contribution in [0.1, 0.15) is 5.69 Å². The predicted octanol–water partition coefficient (Wildman–Crippen LogP) is 0.116. The minimum absolute atomic E-state index is 0.116. The number of aromatic nitrogens is 2. The number of hydrogen-bond donors (Lipinski definition) is 2. The van der Waals surface area contributed by atoms with Crippen molar-refractivity contribution in [2.75, 3.05) is 0 Å². The van der Waals surface area contributed by atoms with E-state index in [9.17, 15) is 4.79 Å². The molecule has 0 bridgehead atoms. The molecule has 4 N–H and O–H groups in total. The van der Waals surface area contributed by atoms with Crippen molar-refractivity contribution in [3.8, 4) is 0 Å². The number of amidine groups is 1. The number of pyridine rings is 1. The Balaban J connectivity index is 2.34. The number of hydrazone groups is 1. The van der Waals surface area contributed by atoms with Gasteiger partial charge in [-0.05, 0) is 12.1 Å². The lowest BCUT2D eigenvalue weighted by Gasteiger charge is -2.03. The van der Waals surface area contributed by atoms with Crippen molar-refractivity contribution >= 4 is 22.6 Å². The molecular weight excluding hydrogens is 238 g/mol. The van der Waals surface area contributed by atoms with Crippen LogP contribution in [0.2, 0.25) is 0 Å². The van der Waals surface area contributed by atoms with E-state index in [1.807, 2.05) is 6.07 Å². The van der Waals surface area contributed by atoms with Crippen LogP contribution < -0.4 is 17.1 Å². The zero-order valence-electron chi connectivity index (χ0n) is 8.91. The second-order valence-corrected chi connectivity index (χ2v) is 4.27. The summed E-state index contributed by atoms with van der Waals surface area (Å²) in [5.74, 6) is 5.48. The SMILES string of the molecule is NN=C(N)SCc1cc(=O)n2ccccc2n1. The Morgan fingerprint density at radius 1 is 1.53 bits per heavy atom. The van der Waals surface area contributed by atoms with Gasteiger partial charge in [-0.3, -0.25) is 9.20 Å². The van der Waals surface area contributed by atoms with Crippen LogP contribution in [-0.2, 0) is 5.75 Å². The first-order valence-electron chi connectivity index (χ1n) is 4.84. The number of nitrogens with zero attached hydrogens (tertiary/aromatic N) is 3. The second-order valence-electron chi connectivity index (χ2n) is 3.27. The average molecular weight is 249 g/mol. The molecule has 0 unspecified atom stereocenters. The fourth-order valence-electron chi connectivity index (χ4n) is 1.36. The Kier molecular flexibility index (Phi) is 3.29. The molecule has 6 nitrogen and oxygen atoms in total. The number of hydrogen-bond acceptors (Lipinski definition) is 5. The third-order valence-corrected chi connectivity index (χ3v) is 2.96. The van der Waals surface area contributed by atoms with Crippen molar-refractivity contribution in [3.05, 3.63) is 46.5 Å². The average Bonchev–Trinajstić information content (AvgIpc) is 2.36. The highest BCUT2D eigenvalue weighted by Crippen LogP contribution is 2.09. The summed E-state index contributed by atoms with van der Waals surface area (Å²) in [6.07, 6.45) is 1.68. The van der Waals surface area contributed by atoms with E-state index < -0.39 is 0 Å². The Morgan fingerprint density at radius 3 is 3.12 bits per heavy atom. The third kappa shape index (κ3) is 2.56. The molecule has 7 heteroatoms. The lowest BCUT2D eigenvalue weighted by molar-refractivity contribution is 1.01. The molecule has 0 spiro atoms. The van der Waals surface area contributed by atoms with Gasteiger partial charge in [0, 0.05) is 18.0 Å². The molecule has 0 amide bonds. The highest BCUT2D eigenvalue weighted by molar-refractivity contribution is 8.13. The largest absolute Gasteiger partial charge is 0.377 e. The van der Waals surface area contributed by atoms with E-state index in [0.29, 0.717) is 17.1 Å².